The molecule has 1 unspecified atom stereocenters. The van der Waals surface area contributed by atoms with Gasteiger partial charge in [0.1, 0.15) is 17.5 Å². The van der Waals surface area contributed by atoms with Gasteiger partial charge in [0.2, 0.25) is 0 Å². The van der Waals surface area contributed by atoms with Gasteiger partial charge in [-0.15, -0.1) is 0 Å². The molecule has 3 rings (SSSR count). The van der Waals surface area contributed by atoms with Gasteiger partial charge >= 0.3 is 12.1 Å². The summed E-state index contributed by atoms with van der Waals surface area (Å²) in [6.07, 6.45) is -0.730. The second-order valence-electron chi connectivity index (χ2n) is 7.83. The highest BCUT2D eigenvalue weighted by Gasteiger charge is 2.26. The number of rotatable bonds is 6. The molecule has 1 heterocycles. The molecular formula is C22H25N3O4. The van der Waals surface area contributed by atoms with Crippen LogP contribution in [-0.2, 0) is 22.5 Å². The zero-order valence-corrected chi connectivity index (χ0v) is 16.8. The summed E-state index contributed by atoms with van der Waals surface area (Å²) in [5.41, 5.74) is 2.05. The zero-order valence-electron chi connectivity index (χ0n) is 16.8. The van der Waals surface area contributed by atoms with E-state index in [1.165, 1.54) is 0 Å². The van der Waals surface area contributed by atoms with Gasteiger partial charge in [-0.2, -0.15) is 0 Å². The number of carboxylic acids is 1. The number of benzene rings is 2. The molecule has 0 spiro atoms. The Kier molecular flexibility index (Phi) is 5.87. The predicted molar refractivity (Wildman–Crippen MR) is 110 cm³/mol. The van der Waals surface area contributed by atoms with Crippen LogP contribution in [-0.4, -0.2) is 38.4 Å². The Labute approximate surface area is 169 Å². The van der Waals surface area contributed by atoms with Crippen LogP contribution in [0.4, 0.5) is 4.79 Å². The SMILES string of the molecule is CC(C)(C)OC(=O)NC(Cc1nc2ccccc2n1Cc1ccccc1)C(=O)O. The van der Waals surface area contributed by atoms with Crippen molar-refractivity contribution in [3.05, 3.63) is 66.0 Å². The van der Waals surface area contributed by atoms with E-state index in [9.17, 15) is 14.7 Å². The number of hydrogen-bond donors (Lipinski definition) is 2. The number of para-hydroxylation sites is 2. The standard InChI is InChI=1S/C22H25N3O4/c1-22(2,3)29-21(28)24-17(20(26)27)13-19-23-16-11-7-8-12-18(16)25(19)14-15-9-5-4-6-10-15/h4-12,17H,13-14H2,1-3H3,(H,24,28)(H,26,27). The summed E-state index contributed by atoms with van der Waals surface area (Å²) in [6, 6.07) is 16.4. The van der Waals surface area contributed by atoms with Gasteiger partial charge in [0.25, 0.3) is 0 Å². The second kappa shape index (κ2) is 8.34. The average Bonchev–Trinajstić information content (AvgIpc) is 2.98. The highest BCUT2D eigenvalue weighted by Crippen LogP contribution is 2.19. The van der Waals surface area contributed by atoms with Crippen molar-refractivity contribution in [2.45, 2.75) is 45.4 Å². The molecule has 1 atom stereocenters. The number of aliphatic carboxylic acids is 1. The van der Waals surface area contributed by atoms with Crippen molar-refractivity contribution in [3.8, 4) is 0 Å². The molecule has 0 saturated carbocycles. The molecule has 1 aromatic heterocycles. The third kappa shape index (κ3) is 5.34. The van der Waals surface area contributed by atoms with E-state index in [4.69, 9.17) is 4.74 Å². The number of carbonyl (C=O) groups excluding carboxylic acids is 1. The van der Waals surface area contributed by atoms with E-state index < -0.39 is 23.7 Å². The number of carbonyl (C=O) groups is 2. The molecule has 2 aromatic carbocycles. The summed E-state index contributed by atoms with van der Waals surface area (Å²) in [4.78, 5) is 28.5. The molecule has 0 bridgehead atoms. The monoisotopic (exact) mass is 395 g/mol. The molecule has 7 heteroatoms. The van der Waals surface area contributed by atoms with Gasteiger partial charge in [0.15, 0.2) is 0 Å². The Bertz CT molecular complexity index is 1010. The average molecular weight is 395 g/mol. The van der Waals surface area contributed by atoms with Gasteiger partial charge in [-0.3, -0.25) is 0 Å². The number of nitrogens with one attached hydrogen (secondary N) is 1. The highest BCUT2D eigenvalue weighted by molar-refractivity contribution is 5.81. The number of amides is 1. The van der Waals surface area contributed by atoms with E-state index >= 15 is 0 Å². The molecule has 0 aliphatic carbocycles. The largest absolute Gasteiger partial charge is 0.480 e. The first-order valence-electron chi connectivity index (χ1n) is 9.43. The predicted octanol–water partition coefficient (Wildman–Crippen LogP) is 3.61. The quantitative estimate of drug-likeness (QED) is 0.665. The molecule has 0 aliphatic rings. The Morgan fingerprint density at radius 1 is 1.10 bits per heavy atom. The van der Waals surface area contributed by atoms with Crippen LogP contribution in [0, 0.1) is 0 Å². The Morgan fingerprint density at radius 3 is 2.41 bits per heavy atom. The molecular weight excluding hydrogens is 370 g/mol. The maximum atomic E-state index is 12.1. The van der Waals surface area contributed by atoms with Gasteiger partial charge in [0, 0.05) is 13.0 Å². The number of imidazole rings is 1. The molecule has 3 aromatic rings. The fourth-order valence-corrected chi connectivity index (χ4v) is 3.06. The van der Waals surface area contributed by atoms with E-state index in [1.54, 1.807) is 20.8 Å². The van der Waals surface area contributed by atoms with Gasteiger partial charge in [-0.25, -0.2) is 14.6 Å². The molecule has 0 saturated heterocycles. The minimum atomic E-state index is -1.16. The van der Waals surface area contributed by atoms with Crippen LogP contribution in [0.2, 0.25) is 0 Å². The minimum Gasteiger partial charge on any atom is -0.480 e. The van der Waals surface area contributed by atoms with Crippen molar-refractivity contribution in [2.24, 2.45) is 0 Å². The summed E-state index contributed by atoms with van der Waals surface area (Å²) in [7, 11) is 0. The molecule has 0 radical (unpaired) electrons. The number of aromatic nitrogens is 2. The first kappa shape index (κ1) is 20.4. The maximum absolute atomic E-state index is 12.1. The first-order valence-corrected chi connectivity index (χ1v) is 9.43. The van der Waals surface area contributed by atoms with Crippen LogP contribution in [0.3, 0.4) is 0 Å². The number of carboxylic acid groups (broad SMARTS) is 1. The van der Waals surface area contributed by atoms with Gasteiger partial charge < -0.3 is 19.7 Å². The van der Waals surface area contributed by atoms with Crippen LogP contribution in [0.15, 0.2) is 54.6 Å². The fourth-order valence-electron chi connectivity index (χ4n) is 3.06. The van der Waals surface area contributed by atoms with Crippen LogP contribution in [0.1, 0.15) is 32.2 Å². The molecule has 0 aliphatic heterocycles. The Hall–Kier alpha value is -3.35. The number of alkyl carbamates (subject to hydrolysis) is 1. The van der Waals surface area contributed by atoms with E-state index in [0.29, 0.717) is 12.4 Å². The lowest BCUT2D eigenvalue weighted by atomic mass is 10.2. The van der Waals surface area contributed by atoms with Crippen molar-refractivity contribution in [3.63, 3.8) is 0 Å². The normalized spacial score (nSPS) is 12.5. The lowest BCUT2D eigenvalue weighted by molar-refractivity contribution is -0.139. The number of fused-ring (bicyclic) bond motifs is 1. The topological polar surface area (TPSA) is 93.5 Å². The summed E-state index contributed by atoms with van der Waals surface area (Å²) < 4.78 is 7.18. The molecule has 0 fully saturated rings. The molecule has 29 heavy (non-hydrogen) atoms. The van der Waals surface area contributed by atoms with E-state index in [1.807, 2.05) is 59.2 Å². The molecule has 152 valence electrons. The van der Waals surface area contributed by atoms with E-state index in [2.05, 4.69) is 10.3 Å². The maximum Gasteiger partial charge on any atom is 0.408 e. The van der Waals surface area contributed by atoms with Crippen molar-refractivity contribution in [1.29, 1.82) is 0 Å². The van der Waals surface area contributed by atoms with Crippen molar-refractivity contribution in [1.82, 2.24) is 14.9 Å². The first-order chi connectivity index (χ1) is 13.7. The number of ether oxygens (including phenoxy) is 1. The van der Waals surface area contributed by atoms with E-state index in [-0.39, 0.29) is 6.42 Å². The van der Waals surface area contributed by atoms with Crippen molar-refractivity contribution < 1.29 is 19.4 Å². The fraction of sp³-hybridized carbons (Fsp3) is 0.318. The van der Waals surface area contributed by atoms with Crippen molar-refractivity contribution in [2.75, 3.05) is 0 Å². The zero-order chi connectivity index (χ0) is 21.0. The van der Waals surface area contributed by atoms with Crippen molar-refractivity contribution >= 4 is 23.1 Å². The lowest BCUT2D eigenvalue weighted by Gasteiger charge is -2.22. The lowest BCUT2D eigenvalue weighted by Crippen LogP contribution is -2.45. The third-order valence-electron chi connectivity index (χ3n) is 4.29. The minimum absolute atomic E-state index is 0.0378. The highest BCUT2D eigenvalue weighted by atomic mass is 16.6. The molecule has 2 N–H and O–H groups in total. The summed E-state index contributed by atoms with van der Waals surface area (Å²) in [5.74, 6) is -0.562. The van der Waals surface area contributed by atoms with Gasteiger partial charge in [-0.05, 0) is 38.5 Å². The van der Waals surface area contributed by atoms with Crippen LogP contribution in [0.25, 0.3) is 11.0 Å². The number of nitrogens with zero attached hydrogens (tertiary/aromatic N) is 2. The smallest absolute Gasteiger partial charge is 0.408 e. The van der Waals surface area contributed by atoms with Crippen LogP contribution in [0.5, 0.6) is 0 Å². The Morgan fingerprint density at radius 2 is 1.76 bits per heavy atom. The van der Waals surface area contributed by atoms with Gasteiger partial charge in [-0.1, -0.05) is 42.5 Å². The molecule has 7 nitrogen and oxygen atoms in total. The second-order valence-corrected chi connectivity index (χ2v) is 7.83. The summed E-state index contributed by atoms with van der Waals surface area (Å²) in [6.45, 7) is 5.72. The van der Waals surface area contributed by atoms with Crippen LogP contribution >= 0.6 is 0 Å². The third-order valence-corrected chi connectivity index (χ3v) is 4.29. The summed E-state index contributed by atoms with van der Waals surface area (Å²) >= 11 is 0. The van der Waals surface area contributed by atoms with E-state index in [0.717, 1.165) is 16.6 Å². The van der Waals surface area contributed by atoms with Crippen LogP contribution < -0.4 is 5.32 Å². The Balaban J connectivity index is 1.90. The van der Waals surface area contributed by atoms with Gasteiger partial charge in [0.05, 0.1) is 11.0 Å². The number of hydrogen-bond acceptors (Lipinski definition) is 4. The molecule has 1 amide bonds. The summed E-state index contributed by atoms with van der Waals surface area (Å²) in [5, 5.41) is 12.1.